The van der Waals surface area contributed by atoms with Gasteiger partial charge in [-0.25, -0.2) is 5.43 Å². The summed E-state index contributed by atoms with van der Waals surface area (Å²) in [5.41, 5.74) is 5.73. The standard InChI is InChI=1S/C30H27N3O3/c34-29(20-27(24-14-6-2-7-15-24)32-30(35)25-16-8-3-9-17-25)33-31-21-26-18-10-11-19-28(26)36-22-23-12-4-1-5-13-23/h1-19,21,27H,20,22H2,(H,32,35)(H,33,34)/b31-21-/t27-/m0/s1. The number of ether oxygens (including phenoxy) is 1. The molecule has 0 aliphatic carbocycles. The zero-order valence-corrected chi connectivity index (χ0v) is 19.7. The van der Waals surface area contributed by atoms with Gasteiger partial charge in [0.2, 0.25) is 5.91 Å². The van der Waals surface area contributed by atoms with Crippen LogP contribution in [0.3, 0.4) is 0 Å². The summed E-state index contributed by atoms with van der Waals surface area (Å²) in [6.45, 7) is 0.428. The minimum absolute atomic E-state index is 0.0338. The predicted molar refractivity (Wildman–Crippen MR) is 141 cm³/mol. The van der Waals surface area contributed by atoms with Gasteiger partial charge in [0.15, 0.2) is 0 Å². The molecular weight excluding hydrogens is 450 g/mol. The molecule has 1 atom stereocenters. The van der Waals surface area contributed by atoms with Crippen molar-refractivity contribution in [2.24, 2.45) is 5.10 Å². The van der Waals surface area contributed by atoms with Crippen LogP contribution in [0.5, 0.6) is 5.75 Å². The van der Waals surface area contributed by atoms with Crippen LogP contribution in [0.15, 0.2) is 120 Å². The molecule has 0 saturated carbocycles. The Morgan fingerprint density at radius 3 is 2.11 bits per heavy atom. The summed E-state index contributed by atoms with van der Waals surface area (Å²) >= 11 is 0. The Hall–Kier alpha value is -4.71. The zero-order chi connectivity index (χ0) is 25.0. The van der Waals surface area contributed by atoms with Gasteiger partial charge in [-0.15, -0.1) is 0 Å². The van der Waals surface area contributed by atoms with Crippen LogP contribution in [0.2, 0.25) is 0 Å². The number of hydrazone groups is 1. The SMILES string of the molecule is O=C(C[C@H](NC(=O)c1ccccc1)c1ccccc1)N/N=C\c1ccccc1OCc1ccccc1. The number of carbonyl (C=O) groups is 2. The van der Waals surface area contributed by atoms with Crippen LogP contribution in [-0.4, -0.2) is 18.0 Å². The molecule has 4 aromatic rings. The summed E-state index contributed by atoms with van der Waals surface area (Å²) in [5, 5.41) is 7.08. The molecule has 0 fully saturated rings. The molecule has 4 aromatic carbocycles. The van der Waals surface area contributed by atoms with E-state index in [0.717, 1.165) is 16.7 Å². The Morgan fingerprint density at radius 2 is 1.39 bits per heavy atom. The van der Waals surface area contributed by atoms with Crippen LogP contribution in [0.4, 0.5) is 0 Å². The number of benzene rings is 4. The van der Waals surface area contributed by atoms with Crippen LogP contribution in [0, 0.1) is 0 Å². The second kappa shape index (κ2) is 12.7. The zero-order valence-electron chi connectivity index (χ0n) is 19.7. The number of hydrogen-bond acceptors (Lipinski definition) is 4. The minimum Gasteiger partial charge on any atom is -0.488 e. The van der Waals surface area contributed by atoms with E-state index in [9.17, 15) is 9.59 Å². The first-order chi connectivity index (χ1) is 17.7. The van der Waals surface area contributed by atoms with Crippen LogP contribution < -0.4 is 15.5 Å². The van der Waals surface area contributed by atoms with Crippen molar-refractivity contribution in [2.45, 2.75) is 19.1 Å². The lowest BCUT2D eigenvalue weighted by Gasteiger charge is -2.18. The number of rotatable bonds is 10. The molecule has 0 saturated heterocycles. The third-order valence-corrected chi connectivity index (χ3v) is 5.48. The second-order valence-corrected chi connectivity index (χ2v) is 8.11. The van der Waals surface area contributed by atoms with Crippen LogP contribution in [-0.2, 0) is 11.4 Å². The largest absolute Gasteiger partial charge is 0.488 e. The van der Waals surface area contributed by atoms with Crippen molar-refractivity contribution in [2.75, 3.05) is 0 Å². The first-order valence-electron chi connectivity index (χ1n) is 11.7. The van der Waals surface area contributed by atoms with E-state index in [1.165, 1.54) is 0 Å². The van der Waals surface area contributed by atoms with E-state index in [1.807, 2.05) is 91.0 Å². The van der Waals surface area contributed by atoms with Crippen molar-refractivity contribution >= 4 is 18.0 Å². The fraction of sp³-hybridized carbons (Fsp3) is 0.100. The highest BCUT2D eigenvalue weighted by Crippen LogP contribution is 2.19. The molecule has 2 amide bonds. The second-order valence-electron chi connectivity index (χ2n) is 8.11. The number of amides is 2. The van der Waals surface area contributed by atoms with E-state index in [0.29, 0.717) is 17.9 Å². The Labute approximate surface area is 210 Å². The van der Waals surface area contributed by atoms with Crippen molar-refractivity contribution < 1.29 is 14.3 Å². The van der Waals surface area contributed by atoms with Gasteiger partial charge in [0.25, 0.3) is 5.91 Å². The lowest BCUT2D eigenvalue weighted by Crippen LogP contribution is -2.32. The third kappa shape index (κ3) is 7.14. The van der Waals surface area contributed by atoms with E-state index in [4.69, 9.17) is 4.74 Å². The summed E-state index contributed by atoms with van der Waals surface area (Å²) in [4.78, 5) is 25.4. The van der Waals surface area contributed by atoms with Gasteiger partial charge in [-0.1, -0.05) is 91.0 Å². The first-order valence-corrected chi connectivity index (χ1v) is 11.7. The number of carbonyl (C=O) groups excluding carboxylic acids is 2. The molecule has 6 nitrogen and oxygen atoms in total. The number of para-hydroxylation sites is 1. The highest BCUT2D eigenvalue weighted by molar-refractivity contribution is 5.94. The topological polar surface area (TPSA) is 79.8 Å². The molecule has 0 aromatic heterocycles. The average molecular weight is 478 g/mol. The molecule has 6 heteroatoms. The highest BCUT2D eigenvalue weighted by atomic mass is 16.5. The van der Waals surface area contributed by atoms with Crippen LogP contribution in [0.1, 0.15) is 39.5 Å². The maximum Gasteiger partial charge on any atom is 0.251 e. The van der Waals surface area contributed by atoms with Crippen molar-refractivity contribution in [3.05, 3.63) is 138 Å². The monoisotopic (exact) mass is 477 g/mol. The summed E-state index contributed by atoms with van der Waals surface area (Å²) in [5.74, 6) is 0.0954. The van der Waals surface area contributed by atoms with Crippen molar-refractivity contribution in [1.82, 2.24) is 10.7 Å². The van der Waals surface area contributed by atoms with E-state index < -0.39 is 6.04 Å². The molecule has 4 rings (SSSR count). The Kier molecular flexibility index (Phi) is 8.59. The van der Waals surface area contributed by atoms with Gasteiger partial charge in [-0.3, -0.25) is 9.59 Å². The van der Waals surface area contributed by atoms with Gasteiger partial charge in [-0.05, 0) is 35.4 Å². The quantitative estimate of drug-likeness (QED) is 0.241. The summed E-state index contributed by atoms with van der Waals surface area (Å²) < 4.78 is 5.94. The van der Waals surface area contributed by atoms with E-state index in [1.54, 1.807) is 30.5 Å². The van der Waals surface area contributed by atoms with Crippen LogP contribution >= 0.6 is 0 Å². The Bertz CT molecular complexity index is 1290. The normalized spacial score (nSPS) is 11.6. The molecule has 0 spiro atoms. The maximum atomic E-state index is 12.7. The summed E-state index contributed by atoms with van der Waals surface area (Å²) in [7, 11) is 0. The molecule has 180 valence electrons. The van der Waals surface area contributed by atoms with Gasteiger partial charge in [0.05, 0.1) is 18.7 Å². The van der Waals surface area contributed by atoms with Gasteiger partial charge >= 0.3 is 0 Å². The van der Waals surface area contributed by atoms with Crippen LogP contribution in [0.25, 0.3) is 0 Å². The minimum atomic E-state index is -0.504. The molecule has 36 heavy (non-hydrogen) atoms. The van der Waals surface area contributed by atoms with Crippen molar-refractivity contribution in [1.29, 1.82) is 0 Å². The number of nitrogens with zero attached hydrogens (tertiary/aromatic N) is 1. The molecule has 0 bridgehead atoms. The molecule has 0 unspecified atom stereocenters. The summed E-state index contributed by atoms with van der Waals surface area (Å²) in [6, 6.07) is 35.2. The predicted octanol–water partition coefficient (Wildman–Crippen LogP) is 5.28. The lowest BCUT2D eigenvalue weighted by atomic mass is 10.0. The van der Waals surface area contributed by atoms with Gasteiger partial charge in [0.1, 0.15) is 12.4 Å². The highest BCUT2D eigenvalue weighted by Gasteiger charge is 2.19. The van der Waals surface area contributed by atoms with Gasteiger partial charge in [0, 0.05) is 11.1 Å². The molecule has 0 heterocycles. The third-order valence-electron chi connectivity index (χ3n) is 5.48. The molecule has 2 N–H and O–H groups in total. The lowest BCUT2D eigenvalue weighted by molar-refractivity contribution is -0.121. The number of nitrogens with one attached hydrogen (secondary N) is 2. The van der Waals surface area contributed by atoms with E-state index in [2.05, 4.69) is 15.8 Å². The van der Waals surface area contributed by atoms with E-state index >= 15 is 0 Å². The fourth-order valence-corrected chi connectivity index (χ4v) is 3.63. The Morgan fingerprint density at radius 1 is 0.778 bits per heavy atom. The Balaban J connectivity index is 1.38. The molecule has 0 radical (unpaired) electrons. The maximum absolute atomic E-state index is 12.7. The number of hydrogen-bond donors (Lipinski definition) is 2. The molecule has 0 aliphatic rings. The first kappa shape index (κ1) is 24.4. The molecular formula is C30H27N3O3. The average Bonchev–Trinajstić information content (AvgIpc) is 2.93. The van der Waals surface area contributed by atoms with Gasteiger partial charge in [-0.2, -0.15) is 5.10 Å². The van der Waals surface area contributed by atoms with E-state index in [-0.39, 0.29) is 18.2 Å². The smallest absolute Gasteiger partial charge is 0.251 e. The summed E-state index contributed by atoms with van der Waals surface area (Å²) in [6.07, 6.45) is 1.59. The molecule has 0 aliphatic heterocycles. The fourth-order valence-electron chi connectivity index (χ4n) is 3.63. The van der Waals surface area contributed by atoms with Gasteiger partial charge < -0.3 is 10.1 Å². The van der Waals surface area contributed by atoms with Crippen molar-refractivity contribution in [3.63, 3.8) is 0 Å². The van der Waals surface area contributed by atoms with Crippen molar-refractivity contribution in [3.8, 4) is 5.75 Å².